The van der Waals surface area contributed by atoms with Gasteiger partial charge >= 0.3 is 0 Å². The van der Waals surface area contributed by atoms with Crippen LogP contribution in [0.15, 0.2) is 29.2 Å². The van der Waals surface area contributed by atoms with E-state index in [1.54, 1.807) is 16.4 Å². The van der Waals surface area contributed by atoms with Crippen LogP contribution < -0.4 is 0 Å². The lowest BCUT2D eigenvalue weighted by Gasteiger charge is -2.35. The summed E-state index contributed by atoms with van der Waals surface area (Å²) in [7, 11) is -3.32. The van der Waals surface area contributed by atoms with E-state index in [0.717, 1.165) is 25.8 Å². The van der Waals surface area contributed by atoms with Crippen LogP contribution >= 0.6 is 0 Å². The molecule has 2 aliphatic heterocycles. The lowest BCUT2D eigenvalue weighted by Crippen LogP contribution is -2.42. The lowest BCUT2D eigenvalue weighted by molar-refractivity contribution is 0.161. The molecule has 2 aliphatic rings. The number of likely N-dealkylation sites (tertiary alicyclic amines) is 1. The van der Waals surface area contributed by atoms with Crippen LogP contribution in [0.4, 0.5) is 0 Å². The van der Waals surface area contributed by atoms with Crippen LogP contribution in [-0.4, -0.2) is 50.3 Å². The van der Waals surface area contributed by atoms with Crippen LogP contribution in [0.2, 0.25) is 0 Å². The SMILES string of the molecule is CCc1ccc(S(=O)(=O)N2CCC(CN3CCCCC3)CC2)cc1. The van der Waals surface area contributed by atoms with Gasteiger partial charge < -0.3 is 4.90 Å². The number of sulfonamides is 1. The quantitative estimate of drug-likeness (QED) is 0.819. The Kier molecular flexibility index (Phi) is 5.95. The molecule has 0 bridgehead atoms. The molecule has 2 fully saturated rings. The van der Waals surface area contributed by atoms with E-state index in [9.17, 15) is 8.42 Å². The molecule has 0 atom stereocenters. The smallest absolute Gasteiger partial charge is 0.243 e. The minimum atomic E-state index is -3.32. The molecule has 2 heterocycles. The molecule has 24 heavy (non-hydrogen) atoms. The number of nitrogens with zero attached hydrogens (tertiary/aromatic N) is 2. The first-order chi connectivity index (χ1) is 11.6. The highest BCUT2D eigenvalue weighted by Gasteiger charge is 2.30. The van der Waals surface area contributed by atoms with Crippen molar-refractivity contribution in [1.82, 2.24) is 9.21 Å². The van der Waals surface area contributed by atoms with Crippen molar-refractivity contribution < 1.29 is 8.42 Å². The van der Waals surface area contributed by atoms with Crippen molar-refractivity contribution in [3.63, 3.8) is 0 Å². The molecule has 1 aromatic rings. The van der Waals surface area contributed by atoms with Crippen molar-refractivity contribution >= 4 is 10.0 Å². The average molecular weight is 351 g/mol. The maximum Gasteiger partial charge on any atom is 0.243 e. The monoisotopic (exact) mass is 350 g/mol. The minimum Gasteiger partial charge on any atom is -0.303 e. The number of rotatable bonds is 5. The highest BCUT2D eigenvalue weighted by molar-refractivity contribution is 7.89. The van der Waals surface area contributed by atoms with Gasteiger partial charge in [-0.25, -0.2) is 8.42 Å². The van der Waals surface area contributed by atoms with Crippen LogP contribution in [-0.2, 0) is 16.4 Å². The summed E-state index contributed by atoms with van der Waals surface area (Å²) in [5.41, 5.74) is 1.18. The Balaban J connectivity index is 1.56. The summed E-state index contributed by atoms with van der Waals surface area (Å²) in [6, 6.07) is 7.37. The van der Waals surface area contributed by atoms with E-state index in [0.29, 0.717) is 23.9 Å². The van der Waals surface area contributed by atoms with Crippen LogP contribution in [0.1, 0.15) is 44.6 Å². The molecule has 5 heteroatoms. The van der Waals surface area contributed by atoms with E-state index in [2.05, 4.69) is 11.8 Å². The third kappa shape index (κ3) is 4.19. The van der Waals surface area contributed by atoms with Gasteiger partial charge in [-0.3, -0.25) is 0 Å². The predicted molar refractivity (Wildman–Crippen MR) is 97.6 cm³/mol. The van der Waals surface area contributed by atoms with Crippen molar-refractivity contribution in [3.8, 4) is 0 Å². The summed E-state index contributed by atoms with van der Waals surface area (Å²) in [6.07, 6.45) is 6.92. The Morgan fingerprint density at radius 1 is 0.958 bits per heavy atom. The first-order valence-electron chi connectivity index (χ1n) is 9.41. The van der Waals surface area contributed by atoms with Gasteiger partial charge in [0.1, 0.15) is 0 Å². The average Bonchev–Trinajstić information content (AvgIpc) is 2.63. The zero-order chi connectivity index (χ0) is 17.0. The molecule has 0 unspecified atom stereocenters. The zero-order valence-electron chi connectivity index (χ0n) is 14.8. The molecule has 0 aliphatic carbocycles. The van der Waals surface area contributed by atoms with Gasteiger partial charge in [-0.2, -0.15) is 4.31 Å². The molecule has 0 aromatic heterocycles. The Bertz CT molecular complexity index is 613. The molecule has 0 amide bonds. The molecule has 0 spiro atoms. The van der Waals surface area contributed by atoms with E-state index < -0.39 is 10.0 Å². The third-order valence-corrected chi connectivity index (χ3v) is 7.42. The second-order valence-corrected chi connectivity index (χ2v) is 9.14. The van der Waals surface area contributed by atoms with Crippen molar-refractivity contribution in [2.24, 2.45) is 5.92 Å². The normalized spacial score (nSPS) is 21.9. The number of hydrogen-bond donors (Lipinski definition) is 0. The minimum absolute atomic E-state index is 0.439. The summed E-state index contributed by atoms with van der Waals surface area (Å²) in [4.78, 5) is 3.01. The van der Waals surface area contributed by atoms with Crippen LogP contribution in [0, 0.1) is 5.92 Å². The van der Waals surface area contributed by atoms with E-state index in [1.165, 1.54) is 37.9 Å². The van der Waals surface area contributed by atoms with Gasteiger partial charge in [-0.05, 0) is 68.8 Å². The Morgan fingerprint density at radius 2 is 1.58 bits per heavy atom. The van der Waals surface area contributed by atoms with Gasteiger partial charge in [0.2, 0.25) is 10.0 Å². The van der Waals surface area contributed by atoms with Crippen LogP contribution in [0.25, 0.3) is 0 Å². The molecule has 4 nitrogen and oxygen atoms in total. The van der Waals surface area contributed by atoms with E-state index >= 15 is 0 Å². The highest BCUT2D eigenvalue weighted by atomic mass is 32.2. The van der Waals surface area contributed by atoms with Crippen molar-refractivity contribution in [3.05, 3.63) is 29.8 Å². The van der Waals surface area contributed by atoms with Crippen molar-refractivity contribution in [2.75, 3.05) is 32.7 Å². The fraction of sp³-hybridized carbons (Fsp3) is 0.684. The standard InChI is InChI=1S/C19H30N2O2S/c1-2-17-6-8-19(9-7-17)24(22,23)21-14-10-18(11-15-21)16-20-12-4-3-5-13-20/h6-9,18H,2-5,10-16H2,1H3. The Hall–Kier alpha value is -0.910. The Morgan fingerprint density at radius 3 is 2.17 bits per heavy atom. The zero-order valence-corrected chi connectivity index (χ0v) is 15.6. The van der Waals surface area contributed by atoms with E-state index in [1.807, 2.05) is 12.1 Å². The Labute approximate surface area is 146 Å². The molecule has 134 valence electrons. The molecule has 0 radical (unpaired) electrons. The van der Waals surface area contributed by atoms with Gasteiger partial charge in [0.15, 0.2) is 0 Å². The summed E-state index contributed by atoms with van der Waals surface area (Å²) >= 11 is 0. The van der Waals surface area contributed by atoms with Crippen molar-refractivity contribution in [2.45, 2.75) is 50.3 Å². The fourth-order valence-electron chi connectivity index (χ4n) is 3.89. The number of piperidine rings is 2. The van der Waals surface area contributed by atoms with Gasteiger partial charge in [0.05, 0.1) is 4.90 Å². The maximum absolute atomic E-state index is 12.8. The largest absolute Gasteiger partial charge is 0.303 e. The molecule has 0 saturated carbocycles. The number of hydrogen-bond acceptors (Lipinski definition) is 3. The van der Waals surface area contributed by atoms with Crippen molar-refractivity contribution in [1.29, 1.82) is 0 Å². The second kappa shape index (κ2) is 7.98. The van der Waals surface area contributed by atoms with E-state index in [4.69, 9.17) is 0 Å². The number of benzene rings is 1. The fourth-order valence-corrected chi connectivity index (χ4v) is 5.36. The maximum atomic E-state index is 12.8. The van der Waals surface area contributed by atoms with E-state index in [-0.39, 0.29) is 0 Å². The number of aryl methyl sites for hydroxylation is 1. The first-order valence-corrected chi connectivity index (χ1v) is 10.8. The van der Waals surface area contributed by atoms with Gasteiger partial charge in [-0.15, -0.1) is 0 Å². The van der Waals surface area contributed by atoms with Gasteiger partial charge in [0, 0.05) is 19.6 Å². The molecular formula is C19H30N2O2S. The van der Waals surface area contributed by atoms with Gasteiger partial charge in [-0.1, -0.05) is 25.5 Å². The molecular weight excluding hydrogens is 320 g/mol. The molecule has 3 rings (SSSR count). The first kappa shape index (κ1) is 17.9. The van der Waals surface area contributed by atoms with Gasteiger partial charge in [0.25, 0.3) is 0 Å². The second-order valence-electron chi connectivity index (χ2n) is 7.21. The van der Waals surface area contributed by atoms with Crippen LogP contribution in [0.5, 0.6) is 0 Å². The highest BCUT2D eigenvalue weighted by Crippen LogP contribution is 2.25. The predicted octanol–water partition coefficient (Wildman–Crippen LogP) is 3.14. The molecule has 2 saturated heterocycles. The lowest BCUT2D eigenvalue weighted by atomic mass is 9.96. The molecule has 1 aromatic carbocycles. The van der Waals surface area contributed by atoms with Crippen LogP contribution in [0.3, 0.4) is 0 Å². The topological polar surface area (TPSA) is 40.6 Å². The molecule has 0 N–H and O–H groups in total. The summed E-state index contributed by atoms with van der Waals surface area (Å²) in [5.74, 6) is 0.650. The summed E-state index contributed by atoms with van der Waals surface area (Å²) < 4.78 is 27.3. The summed E-state index contributed by atoms with van der Waals surface area (Å²) in [6.45, 7) is 7.01. The third-order valence-electron chi connectivity index (χ3n) is 5.51. The summed E-state index contributed by atoms with van der Waals surface area (Å²) in [5, 5.41) is 0.